The molecule has 1 atom stereocenters. The summed E-state index contributed by atoms with van der Waals surface area (Å²) in [4.78, 5) is 7.33. The van der Waals surface area contributed by atoms with E-state index in [4.69, 9.17) is 4.99 Å². The Morgan fingerprint density at radius 2 is 1.95 bits per heavy atom. The quantitative estimate of drug-likeness (QED) is 0.396. The van der Waals surface area contributed by atoms with Gasteiger partial charge in [0.1, 0.15) is 0 Å². The zero-order valence-electron chi connectivity index (χ0n) is 13.0. The molecule has 1 aliphatic heterocycles. The van der Waals surface area contributed by atoms with Gasteiger partial charge >= 0.3 is 0 Å². The second-order valence-corrected chi connectivity index (χ2v) is 6.00. The number of nitrogens with one attached hydrogen (secondary N) is 2. The van der Waals surface area contributed by atoms with Crippen LogP contribution in [0.25, 0.3) is 0 Å². The Hall–Kier alpha value is -0.0400. The van der Waals surface area contributed by atoms with Crippen LogP contribution in [0.1, 0.15) is 39.5 Å². The summed E-state index contributed by atoms with van der Waals surface area (Å²) in [6, 6.07) is 0. The molecule has 1 saturated carbocycles. The maximum absolute atomic E-state index is 4.76. The second kappa shape index (κ2) is 9.82. The molecule has 2 N–H and O–H groups in total. The first kappa shape index (κ1) is 18.0. The molecule has 1 heterocycles. The lowest BCUT2D eigenvalue weighted by molar-refractivity contribution is 0.326. The van der Waals surface area contributed by atoms with Crippen molar-refractivity contribution in [2.75, 3.05) is 39.3 Å². The molecule has 1 saturated heterocycles. The van der Waals surface area contributed by atoms with Crippen molar-refractivity contribution < 1.29 is 0 Å². The van der Waals surface area contributed by atoms with Gasteiger partial charge in [0.05, 0.1) is 0 Å². The van der Waals surface area contributed by atoms with Gasteiger partial charge in [-0.25, -0.2) is 0 Å². The highest BCUT2D eigenvalue weighted by Crippen LogP contribution is 2.27. The van der Waals surface area contributed by atoms with Crippen LogP contribution in [0.4, 0.5) is 0 Å². The predicted octanol–water partition coefficient (Wildman–Crippen LogP) is 2.30. The molecule has 0 spiro atoms. The molecule has 0 aromatic heterocycles. The first-order valence-electron chi connectivity index (χ1n) is 8.06. The summed E-state index contributed by atoms with van der Waals surface area (Å²) < 4.78 is 0. The highest BCUT2D eigenvalue weighted by molar-refractivity contribution is 14.0. The van der Waals surface area contributed by atoms with Gasteiger partial charge in [-0.05, 0) is 57.5 Å². The Morgan fingerprint density at radius 3 is 2.60 bits per heavy atom. The molecular weight excluding hydrogens is 363 g/mol. The van der Waals surface area contributed by atoms with Crippen molar-refractivity contribution in [2.24, 2.45) is 16.8 Å². The average Bonchev–Trinajstić information content (AvgIpc) is 3.13. The number of likely N-dealkylation sites (tertiary alicyclic amines) is 1. The molecule has 0 radical (unpaired) electrons. The number of hydrogen-bond acceptors (Lipinski definition) is 2. The van der Waals surface area contributed by atoms with E-state index in [9.17, 15) is 0 Å². The minimum atomic E-state index is 0. The van der Waals surface area contributed by atoms with E-state index >= 15 is 0 Å². The van der Waals surface area contributed by atoms with Crippen LogP contribution < -0.4 is 10.6 Å². The van der Waals surface area contributed by atoms with Crippen LogP contribution in [0.3, 0.4) is 0 Å². The van der Waals surface area contributed by atoms with E-state index in [1.165, 1.54) is 45.3 Å². The van der Waals surface area contributed by atoms with Gasteiger partial charge in [0.15, 0.2) is 5.96 Å². The Balaban J connectivity index is 0.00000200. The molecule has 0 aromatic rings. The molecule has 2 aliphatic rings. The Bertz CT molecular complexity index is 292. The molecule has 2 fully saturated rings. The van der Waals surface area contributed by atoms with E-state index in [1.807, 2.05) is 0 Å². The summed E-state index contributed by atoms with van der Waals surface area (Å²) in [5, 5.41) is 6.82. The average molecular weight is 394 g/mol. The zero-order valence-corrected chi connectivity index (χ0v) is 15.4. The number of aliphatic imine (C=N–C) groups is 1. The van der Waals surface area contributed by atoms with Gasteiger partial charge in [-0.3, -0.25) is 4.99 Å². The minimum absolute atomic E-state index is 0. The Morgan fingerprint density at radius 1 is 1.15 bits per heavy atom. The SMILES string of the molecule is CCCN1CCC(CN=C(NCC)NCC2CC2)C1.I. The number of hydrogen-bond donors (Lipinski definition) is 2. The van der Waals surface area contributed by atoms with Crippen molar-refractivity contribution in [3.63, 3.8) is 0 Å². The lowest BCUT2D eigenvalue weighted by atomic mass is 10.1. The second-order valence-electron chi connectivity index (χ2n) is 6.00. The van der Waals surface area contributed by atoms with Gasteiger partial charge < -0.3 is 15.5 Å². The van der Waals surface area contributed by atoms with Crippen LogP contribution in [0.15, 0.2) is 4.99 Å². The van der Waals surface area contributed by atoms with E-state index in [2.05, 4.69) is 29.4 Å². The van der Waals surface area contributed by atoms with E-state index in [1.54, 1.807) is 0 Å². The lowest BCUT2D eigenvalue weighted by Gasteiger charge is -2.14. The maximum atomic E-state index is 4.76. The van der Waals surface area contributed by atoms with E-state index < -0.39 is 0 Å². The van der Waals surface area contributed by atoms with Crippen LogP contribution in [0.2, 0.25) is 0 Å². The zero-order chi connectivity index (χ0) is 13.5. The molecule has 1 unspecified atom stereocenters. The monoisotopic (exact) mass is 394 g/mol. The van der Waals surface area contributed by atoms with Crippen molar-refractivity contribution in [1.29, 1.82) is 0 Å². The van der Waals surface area contributed by atoms with E-state index in [0.717, 1.165) is 37.4 Å². The molecular formula is C15H31IN4. The summed E-state index contributed by atoms with van der Waals surface area (Å²) in [5.74, 6) is 2.67. The van der Waals surface area contributed by atoms with Crippen molar-refractivity contribution in [1.82, 2.24) is 15.5 Å². The smallest absolute Gasteiger partial charge is 0.191 e. The molecule has 0 amide bonds. The Kier molecular flexibility index (Phi) is 8.84. The van der Waals surface area contributed by atoms with Gasteiger partial charge in [-0.1, -0.05) is 6.92 Å². The highest BCUT2D eigenvalue weighted by atomic mass is 127. The summed E-state index contributed by atoms with van der Waals surface area (Å²) in [7, 11) is 0. The van der Waals surface area contributed by atoms with Crippen LogP contribution in [0, 0.1) is 11.8 Å². The molecule has 0 bridgehead atoms. The number of rotatable bonds is 7. The number of halogens is 1. The molecule has 20 heavy (non-hydrogen) atoms. The van der Waals surface area contributed by atoms with Gasteiger partial charge in [-0.15, -0.1) is 24.0 Å². The molecule has 2 rings (SSSR count). The Labute approximate surface area is 141 Å². The normalized spacial score (nSPS) is 23.5. The minimum Gasteiger partial charge on any atom is -0.357 e. The third-order valence-electron chi connectivity index (χ3n) is 4.02. The highest BCUT2D eigenvalue weighted by Gasteiger charge is 2.22. The topological polar surface area (TPSA) is 39.7 Å². The summed E-state index contributed by atoms with van der Waals surface area (Å²) >= 11 is 0. The van der Waals surface area contributed by atoms with Crippen LogP contribution in [-0.2, 0) is 0 Å². The third kappa shape index (κ3) is 6.61. The van der Waals surface area contributed by atoms with Crippen LogP contribution in [-0.4, -0.2) is 50.1 Å². The first-order chi connectivity index (χ1) is 9.31. The fourth-order valence-electron chi connectivity index (χ4n) is 2.71. The van der Waals surface area contributed by atoms with Crippen LogP contribution in [0.5, 0.6) is 0 Å². The number of nitrogens with zero attached hydrogens (tertiary/aromatic N) is 2. The summed E-state index contributed by atoms with van der Waals surface area (Å²) in [6.07, 6.45) is 5.36. The first-order valence-corrected chi connectivity index (χ1v) is 8.06. The molecule has 4 nitrogen and oxygen atoms in total. The molecule has 5 heteroatoms. The van der Waals surface area contributed by atoms with Crippen molar-refractivity contribution in [3.05, 3.63) is 0 Å². The standard InChI is InChI=1S/C15H30N4.HI/c1-3-8-19-9-7-14(12-19)11-18-15(16-4-2)17-10-13-5-6-13;/h13-14H,3-12H2,1-2H3,(H2,16,17,18);1H. The maximum Gasteiger partial charge on any atom is 0.191 e. The predicted molar refractivity (Wildman–Crippen MR) is 97.0 cm³/mol. The van der Waals surface area contributed by atoms with Crippen molar-refractivity contribution in [2.45, 2.75) is 39.5 Å². The van der Waals surface area contributed by atoms with Gasteiger partial charge in [0, 0.05) is 26.2 Å². The lowest BCUT2D eigenvalue weighted by Crippen LogP contribution is -2.38. The van der Waals surface area contributed by atoms with Gasteiger partial charge in [0.2, 0.25) is 0 Å². The van der Waals surface area contributed by atoms with E-state index in [0.29, 0.717) is 0 Å². The van der Waals surface area contributed by atoms with Gasteiger partial charge in [-0.2, -0.15) is 0 Å². The molecule has 1 aliphatic carbocycles. The summed E-state index contributed by atoms with van der Waals surface area (Å²) in [5.41, 5.74) is 0. The van der Waals surface area contributed by atoms with Crippen LogP contribution >= 0.6 is 24.0 Å². The summed E-state index contributed by atoms with van der Waals surface area (Å²) in [6.45, 7) is 11.2. The van der Waals surface area contributed by atoms with Gasteiger partial charge in [0.25, 0.3) is 0 Å². The van der Waals surface area contributed by atoms with Crippen molar-refractivity contribution in [3.8, 4) is 0 Å². The molecule has 0 aromatic carbocycles. The van der Waals surface area contributed by atoms with Crippen molar-refractivity contribution >= 4 is 29.9 Å². The molecule has 118 valence electrons. The fourth-order valence-corrected chi connectivity index (χ4v) is 2.71. The number of guanidine groups is 1. The van der Waals surface area contributed by atoms with E-state index in [-0.39, 0.29) is 24.0 Å². The fraction of sp³-hybridized carbons (Fsp3) is 0.933. The third-order valence-corrected chi connectivity index (χ3v) is 4.02. The largest absolute Gasteiger partial charge is 0.357 e.